The monoisotopic (exact) mass is 280 g/mol. The molecule has 2 atom stereocenters. The van der Waals surface area contributed by atoms with E-state index in [1.54, 1.807) is 0 Å². The van der Waals surface area contributed by atoms with Gasteiger partial charge in [-0.05, 0) is 20.3 Å². The van der Waals surface area contributed by atoms with E-state index in [1.165, 1.54) is 13.8 Å². The SMILES string of the molecule is C=C(C)C(=O)OC(C)C(CCCC)OP(=O)(O)O. The van der Waals surface area contributed by atoms with Crippen molar-refractivity contribution in [3.8, 4) is 0 Å². The molecule has 2 unspecified atom stereocenters. The topological polar surface area (TPSA) is 93.1 Å². The highest BCUT2D eigenvalue weighted by Gasteiger charge is 2.28. The van der Waals surface area contributed by atoms with Gasteiger partial charge in [0.25, 0.3) is 0 Å². The van der Waals surface area contributed by atoms with Crippen LogP contribution in [0, 0.1) is 0 Å². The van der Waals surface area contributed by atoms with E-state index < -0.39 is 26.0 Å². The van der Waals surface area contributed by atoms with Crippen LogP contribution >= 0.6 is 7.82 Å². The third-order valence-corrected chi connectivity index (χ3v) is 2.83. The second-order valence-corrected chi connectivity index (χ2v) is 5.36. The van der Waals surface area contributed by atoms with Gasteiger partial charge >= 0.3 is 13.8 Å². The van der Waals surface area contributed by atoms with Gasteiger partial charge in [0.05, 0.1) is 0 Å². The Kier molecular flexibility index (Phi) is 7.40. The average molecular weight is 280 g/mol. The third kappa shape index (κ3) is 7.61. The summed E-state index contributed by atoms with van der Waals surface area (Å²) in [4.78, 5) is 28.9. The van der Waals surface area contributed by atoms with E-state index in [9.17, 15) is 9.36 Å². The highest BCUT2D eigenvalue weighted by atomic mass is 31.2. The molecular weight excluding hydrogens is 259 g/mol. The molecular formula is C11H21O6P. The number of carbonyl (C=O) groups is 1. The molecule has 2 N–H and O–H groups in total. The molecule has 0 rings (SSSR count). The minimum absolute atomic E-state index is 0.229. The summed E-state index contributed by atoms with van der Waals surface area (Å²) >= 11 is 0. The summed E-state index contributed by atoms with van der Waals surface area (Å²) in [7, 11) is -4.60. The first-order chi connectivity index (χ1) is 8.17. The smallest absolute Gasteiger partial charge is 0.457 e. The van der Waals surface area contributed by atoms with Crippen molar-refractivity contribution in [2.45, 2.75) is 52.2 Å². The van der Waals surface area contributed by atoms with Gasteiger partial charge in [-0.25, -0.2) is 9.36 Å². The fraction of sp³-hybridized carbons (Fsp3) is 0.727. The van der Waals surface area contributed by atoms with Gasteiger partial charge in [-0.2, -0.15) is 0 Å². The summed E-state index contributed by atoms with van der Waals surface area (Å²) in [5, 5.41) is 0. The molecule has 18 heavy (non-hydrogen) atoms. The maximum atomic E-state index is 11.3. The van der Waals surface area contributed by atoms with Crippen LogP contribution in [0.4, 0.5) is 0 Å². The van der Waals surface area contributed by atoms with Gasteiger partial charge in [-0.1, -0.05) is 26.3 Å². The predicted octanol–water partition coefficient (Wildman–Crippen LogP) is 2.16. The minimum atomic E-state index is -4.60. The molecule has 0 aliphatic heterocycles. The van der Waals surface area contributed by atoms with Crippen molar-refractivity contribution >= 4 is 13.8 Å². The predicted molar refractivity (Wildman–Crippen MR) is 66.8 cm³/mol. The number of hydrogen-bond donors (Lipinski definition) is 2. The second kappa shape index (κ2) is 7.69. The Morgan fingerprint density at radius 3 is 2.39 bits per heavy atom. The molecule has 7 heteroatoms. The van der Waals surface area contributed by atoms with Crippen molar-refractivity contribution in [3.63, 3.8) is 0 Å². The Bertz CT molecular complexity index is 334. The van der Waals surface area contributed by atoms with E-state index in [4.69, 9.17) is 14.5 Å². The van der Waals surface area contributed by atoms with E-state index in [-0.39, 0.29) is 5.57 Å². The van der Waals surface area contributed by atoms with Crippen LogP contribution in [0.25, 0.3) is 0 Å². The fourth-order valence-electron chi connectivity index (χ4n) is 1.30. The van der Waals surface area contributed by atoms with E-state index in [0.717, 1.165) is 12.8 Å². The number of unbranched alkanes of at least 4 members (excludes halogenated alkanes) is 1. The number of esters is 1. The zero-order valence-electron chi connectivity index (χ0n) is 11.0. The van der Waals surface area contributed by atoms with Gasteiger partial charge in [-0.3, -0.25) is 4.52 Å². The van der Waals surface area contributed by atoms with Gasteiger partial charge in [-0.15, -0.1) is 0 Å². The molecule has 0 spiro atoms. The molecule has 0 radical (unpaired) electrons. The Balaban J connectivity index is 4.58. The Morgan fingerprint density at radius 2 is 2.00 bits per heavy atom. The van der Waals surface area contributed by atoms with Crippen LogP contribution in [-0.4, -0.2) is 28.0 Å². The van der Waals surface area contributed by atoms with Gasteiger partial charge in [0.1, 0.15) is 12.2 Å². The summed E-state index contributed by atoms with van der Waals surface area (Å²) in [6.07, 6.45) is 0.413. The molecule has 0 aliphatic rings. The molecule has 0 bridgehead atoms. The van der Waals surface area contributed by atoms with Crippen LogP contribution in [0.2, 0.25) is 0 Å². The van der Waals surface area contributed by atoms with Crippen LogP contribution in [0.15, 0.2) is 12.2 Å². The van der Waals surface area contributed by atoms with E-state index in [2.05, 4.69) is 11.1 Å². The number of hydrogen-bond acceptors (Lipinski definition) is 4. The summed E-state index contributed by atoms with van der Waals surface area (Å²) in [5.41, 5.74) is 0.229. The van der Waals surface area contributed by atoms with E-state index in [0.29, 0.717) is 6.42 Å². The Morgan fingerprint density at radius 1 is 1.44 bits per heavy atom. The molecule has 0 aromatic heterocycles. The number of ether oxygens (including phenoxy) is 1. The van der Waals surface area contributed by atoms with Crippen molar-refractivity contribution in [1.82, 2.24) is 0 Å². The lowest BCUT2D eigenvalue weighted by molar-refractivity contribution is -0.148. The Labute approximate surface area is 107 Å². The van der Waals surface area contributed by atoms with Crippen LogP contribution in [0.3, 0.4) is 0 Å². The molecule has 0 amide bonds. The molecule has 0 aliphatic carbocycles. The van der Waals surface area contributed by atoms with Crippen molar-refractivity contribution < 1.29 is 28.4 Å². The molecule has 6 nitrogen and oxygen atoms in total. The molecule has 0 aromatic carbocycles. The van der Waals surface area contributed by atoms with Gasteiger partial charge in [0.2, 0.25) is 0 Å². The van der Waals surface area contributed by atoms with E-state index in [1.807, 2.05) is 6.92 Å². The highest BCUT2D eigenvalue weighted by molar-refractivity contribution is 7.46. The fourth-order valence-corrected chi connectivity index (χ4v) is 1.93. The quantitative estimate of drug-likeness (QED) is 0.402. The third-order valence-electron chi connectivity index (χ3n) is 2.28. The summed E-state index contributed by atoms with van der Waals surface area (Å²) in [6.45, 7) is 8.42. The lowest BCUT2D eigenvalue weighted by Gasteiger charge is -2.24. The highest BCUT2D eigenvalue weighted by Crippen LogP contribution is 2.39. The van der Waals surface area contributed by atoms with Crippen molar-refractivity contribution in [2.75, 3.05) is 0 Å². The molecule has 0 saturated carbocycles. The van der Waals surface area contributed by atoms with Gasteiger partial charge in [0.15, 0.2) is 0 Å². The normalized spacial score (nSPS) is 14.9. The van der Waals surface area contributed by atoms with E-state index >= 15 is 0 Å². The molecule has 0 saturated heterocycles. The first kappa shape index (κ1) is 17.3. The van der Waals surface area contributed by atoms with Crippen molar-refractivity contribution in [1.29, 1.82) is 0 Å². The maximum absolute atomic E-state index is 11.3. The van der Waals surface area contributed by atoms with Crippen molar-refractivity contribution in [3.05, 3.63) is 12.2 Å². The van der Waals surface area contributed by atoms with Gasteiger partial charge in [0, 0.05) is 5.57 Å². The summed E-state index contributed by atoms with van der Waals surface area (Å²) in [6, 6.07) is 0. The van der Waals surface area contributed by atoms with Crippen LogP contribution in [0.1, 0.15) is 40.0 Å². The number of phosphoric acid groups is 1. The maximum Gasteiger partial charge on any atom is 0.469 e. The molecule has 0 fully saturated rings. The van der Waals surface area contributed by atoms with Crippen LogP contribution < -0.4 is 0 Å². The number of phosphoric ester groups is 1. The van der Waals surface area contributed by atoms with Crippen LogP contribution in [0.5, 0.6) is 0 Å². The lowest BCUT2D eigenvalue weighted by atomic mass is 10.1. The van der Waals surface area contributed by atoms with Gasteiger partial charge < -0.3 is 14.5 Å². The number of carbonyl (C=O) groups excluding carboxylic acids is 1. The molecule has 0 aromatic rings. The zero-order chi connectivity index (χ0) is 14.3. The second-order valence-electron chi connectivity index (χ2n) is 4.17. The first-order valence-electron chi connectivity index (χ1n) is 5.77. The average Bonchev–Trinajstić information content (AvgIpc) is 2.22. The minimum Gasteiger partial charge on any atom is -0.457 e. The molecule has 106 valence electrons. The summed E-state index contributed by atoms with van der Waals surface area (Å²) in [5.74, 6) is -0.599. The number of rotatable bonds is 8. The lowest BCUT2D eigenvalue weighted by Crippen LogP contribution is -2.30. The Hall–Kier alpha value is -0.680. The molecule has 0 heterocycles. The summed E-state index contributed by atoms with van der Waals surface area (Å²) < 4.78 is 20.5. The van der Waals surface area contributed by atoms with Crippen LogP contribution in [-0.2, 0) is 18.6 Å². The standard InChI is InChI=1S/C11H21O6P/c1-5-6-7-10(17-18(13,14)15)9(4)16-11(12)8(2)3/h9-10H,2,5-7H2,1,3-4H3,(H2,13,14,15). The zero-order valence-corrected chi connectivity index (χ0v) is 11.9. The largest absolute Gasteiger partial charge is 0.469 e. The first-order valence-corrected chi connectivity index (χ1v) is 7.30. The van der Waals surface area contributed by atoms with Crippen molar-refractivity contribution in [2.24, 2.45) is 0 Å².